The molecule has 1 heterocycles. The molecule has 1 aromatic heterocycles. The molecule has 110 valence electrons. The van der Waals surface area contributed by atoms with Crippen LogP contribution in [0.1, 0.15) is 22.8 Å². The summed E-state index contributed by atoms with van der Waals surface area (Å²) in [7, 11) is 3.13. The summed E-state index contributed by atoms with van der Waals surface area (Å²) < 4.78 is 12.3. The quantitative estimate of drug-likeness (QED) is 0.605. The molecule has 0 amide bonds. The van der Waals surface area contributed by atoms with Crippen LogP contribution in [0, 0.1) is 0 Å². The third-order valence-electron chi connectivity index (χ3n) is 3.40. The molecule has 0 aliphatic carbocycles. The van der Waals surface area contributed by atoms with Crippen LogP contribution in [0.25, 0.3) is 0 Å². The summed E-state index contributed by atoms with van der Waals surface area (Å²) in [6.45, 7) is 2.41. The summed E-state index contributed by atoms with van der Waals surface area (Å²) in [4.78, 5) is 12.3. The summed E-state index contributed by atoms with van der Waals surface area (Å²) in [6, 6.07) is 9.27. The van der Waals surface area contributed by atoms with Gasteiger partial charge >= 0.3 is 0 Å². The number of pyridine rings is 1. The lowest BCUT2D eigenvalue weighted by Gasteiger charge is -2.08. The standard InChI is InChI=1S/C17H20NO3/c1-4-13-7-9-18(10-8-13)12-15(19)14-5-6-16(20-2)17(11-14)21-3/h5-11H,4,12H2,1-3H3/q+1. The van der Waals surface area contributed by atoms with E-state index < -0.39 is 0 Å². The van der Waals surface area contributed by atoms with Gasteiger partial charge in [0.15, 0.2) is 23.9 Å². The van der Waals surface area contributed by atoms with Gasteiger partial charge in [-0.05, 0) is 30.2 Å². The van der Waals surface area contributed by atoms with E-state index in [1.54, 1.807) is 32.4 Å². The zero-order chi connectivity index (χ0) is 15.2. The number of carbonyl (C=O) groups excluding carboxylic acids is 1. The number of ether oxygens (including phenoxy) is 2. The molecular weight excluding hydrogens is 266 g/mol. The molecule has 2 rings (SSSR count). The average molecular weight is 286 g/mol. The third-order valence-corrected chi connectivity index (χ3v) is 3.40. The number of methoxy groups -OCH3 is 2. The van der Waals surface area contributed by atoms with Gasteiger partial charge in [-0.3, -0.25) is 4.79 Å². The molecule has 0 aliphatic rings. The van der Waals surface area contributed by atoms with Crippen LogP contribution in [0.3, 0.4) is 0 Å². The van der Waals surface area contributed by atoms with Gasteiger partial charge in [0.05, 0.1) is 14.2 Å². The van der Waals surface area contributed by atoms with Crippen molar-refractivity contribution in [2.75, 3.05) is 14.2 Å². The van der Waals surface area contributed by atoms with Crippen LogP contribution in [-0.2, 0) is 13.0 Å². The van der Waals surface area contributed by atoms with Crippen molar-refractivity contribution >= 4 is 5.78 Å². The van der Waals surface area contributed by atoms with Gasteiger partial charge in [-0.25, -0.2) is 0 Å². The Hall–Kier alpha value is -2.36. The van der Waals surface area contributed by atoms with Gasteiger partial charge in [-0.1, -0.05) is 6.92 Å². The summed E-state index contributed by atoms with van der Waals surface area (Å²) in [5.41, 5.74) is 1.87. The van der Waals surface area contributed by atoms with Crippen molar-refractivity contribution in [2.24, 2.45) is 0 Å². The van der Waals surface area contributed by atoms with E-state index in [9.17, 15) is 4.79 Å². The molecule has 4 nitrogen and oxygen atoms in total. The van der Waals surface area contributed by atoms with Crippen molar-refractivity contribution in [3.63, 3.8) is 0 Å². The van der Waals surface area contributed by atoms with Crippen LogP contribution in [-0.4, -0.2) is 20.0 Å². The van der Waals surface area contributed by atoms with Gasteiger partial charge in [0.2, 0.25) is 12.3 Å². The Kier molecular flexibility index (Phi) is 4.93. The lowest BCUT2D eigenvalue weighted by atomic mass is 10.1. The fourth-order valence-corrected chi connectivity index (χ4v) is 2.10. The molecular formula is C17H20NO3+. The molecule has 1 aromatic carbocycles. The highest BCUT2D eigenvalue weighted by molar-refractivity contribution is 5.95. The molecule has 0 fully saturated rings. The van der Waals surface area contributed by atoms with Crippen molar-refractivity contribution in [3.8, 4) is 11.5 Å². The highest BCUT2D eigenvalue weighted by Gasteiger charge is 2.14. The molecule has 0 aliphatic heterocycles. The Morgan fingerprint density at radius 2 is 1.71 bits per heavy atom. The fourth-order valence-electron chi connectivity index (χ4n) is 2.10. The minimum absolute atomic E-state index is 0.0326. The van der Waals surface area contributed by atoms with Gasteiger partial charge in [0, 0.05) is 17.7 Å². The van der Waals surface area contributed by atoms with Crippen molar-refractivity contribution in [1.82, 2.24) is 0 Å². The largest absolute Gasteiger partial charge is 0.493 e. The predicted octanol–water partition coefficient (Wildman–Crippen LogP) is 2.44. The monoisotopic (exact) mass is 286 g/mol. The first-order chi connectivity index (χ1) is 10.2. The van der Waals surface area contributed by atoms with E-state index in [1.807, 2.05) is 29.1 Å². The molecule has 0 radical (unpaired) electrons. The molecule has 4 heteroatoms. The van der Waals surface area contributed by atoms with Crippen molar-refractivity contribution in [3.05, 3.63) is 53.9 Å². The van der Waals surface area contributed by atoms with Gasteiger partial charge in [-0.15, -0.1) is 0 Å². The molecule has 0 bridgehead atoms. The van der Waals surface area contributed by atoms with Crippen LogP contribution in [0.5, 0.6) is 11.5 Å². The number of Topliss-reactive ketones (excluding diaryl/α,β-unsaturated/α-hetero) is 1. The van der Waals surface area contributed by atoms with E-state index in [0.717, 1.165) is 6.42 Å². The first-order valence-corrected chi connectivity index (χ1v) is 6.91. The predicted molar refractivity (Wildman–Crippen MR) is 79.9 cm³/mol. The highest BCUT2D eigenvalue weighted by atomic mass is 16.5. The number of ketones is 1. The van der Waals surface area contributed by atoms with Crippen LogP contribution in [0.2, 0.25) is 0 Å². The van der Waals surface area contributed by atoms with E-state index in [2.05, 4.69) is 6.92 Å². The number of aromatic nitrogens is 1. The fraction of sp³-hybridized carbons (Fsp3) is 0.294. The minimum atomic E-state index is 0.0326. The second-order valence-corrected chi connectivity index (χ2v) is 4.73. The topological polar surface area (TPSA) is 39.4 Å². The van der Waals surface area contributed by atoms with E-state index in [1.165, 1.54) is 5.56 Å². The number of hydrogen-bond acceptors (Lipinski definition) is 3. The van der Waals surface area contributed by atoms with Crippen molar-refractivity contribution < 1.29 is 18.8 Å². The highest BCUT2D eigenvalue weighted by Crippen LogP contribution is 2.27. The lowest BCUT2D eigenvalue weighted by Crippen LogP contribution is -2.37. The zero-order valence-corrected chi connectivity index (χ0v) is 12.6. The molecule has 0 unspecified atom stereocenters. The van der Waals surface area contributed by atoms with E-state index in [-0.39, 0.29) is 5.78 Å². The Labute approximate surface area is 124 Å². The second-order valence-electron chi connectivity index (χ2n) is 4.73. The number of benzene rings is 1. The van der Waals surface area contributed by atoms with Crippen molar-refractivity contribution in [2.45, 2.75) is 19.9 Å². The SMILES string of the molecule is CCc1cc[n+](CC(=O)c2ccc(OC)c(OC)c2)cc1. The summed E-state index contributed by atoms with van der Waals surface area (Å²) in [6.07, 6.45) is 4.85. The maximum absolute atomic E-state index is 12.3. The van der Waals surface area contributed by atoms with Crippen LogP contribution >= 0.6 is 0 Å². The normalized spacial score (nSPS) is 10.2. The first-order valence-electron chi connectivity index (χ1n) is 6.91. The van der Waals surface area contributed by atoms with E-state index in [0.29, 0.717) is 23.6 Å². The number of hydrogen-bond donors (Lipinski definition) is 0. The Bertz CT molecular complexity index is 620. The third kappa shape index (κ3) is 3.60. The maximum atomic E-state index is 12.3. The minimum Gasteiger partial charge on any atom is -0.493 e. The molecule has 21 heavy (non-hydrogen) atoms. The molecule has 0 N–H and O–H groups in total. The van der Waals surface area contributed by atoms with Crippen LogP contribution < -0.4 is 14.0 Å². The van der Waals surface area contributed by atoms with E-state index in [4.69, 9.17) is 9.47 Å². The molecule has 0 saturated carbocycles. The van der Waals surface area contributed by atoms with Gasteiger partial charge < -0.3 is 9.47 Å². The first kappa shape index (κ1) is 15.0. The summed E-state index contributed by atoms with van der Waals surface area (Å²) in [5, 5.41) is 0. The van der Waals surface area contributed by atoms with Crippen LogP contribution in [0.15, 0.2) is 42.7 Å². The molecule has 0 saturated heterocycles. The number of nitrogens with zero attached hydrogens (tertiary/aromatic N) is 1. The Morgan fingerprint density at radius 3 is 2.29 bits per heavy atom. The number of carbonyl (C=O) groups is 1. The maximum Gasteiger partial charge on any atom is 0.227 e. The average Bonchev–Trinajstić information content (AvgIpc) is 2.54. The number of aryl methyl sites for hydroxylation is 1. The van der Waals surface area contributed by atoms with Gasteiger partial charge in [0.1, 0.15) is 0 Å². The Morgan fingerprint density at radius 1 is 1.05 bits per heavy atom. The van der Waals surface area contributed by atoms with Gasteiger partial charge in [0.25, 0.3) is 0 Å². The smallest absolute Gasteiger partial charge is 0.227 e. The van der Waals surface area contributed by atoms with E-state index >= 15 is 0 Å². The lowest BCUT2D eigenvalue weighted by molar-refractivity contribution is -0.683. The van der Waals surface area contributed by atoms with Gasteiger partial charge in [-0.2, -0.15) is 4.57 Å². The summed E-state index contributed by atoms with van der Waals surface area (Å²) in [5.74, 6) is 1.22. The number of rotatable bonds is 6. The molecule has 2 aromatic rings. The molecule has 0 spiro atoms. The summed E-state index contributed by atoms with van der Waals surface area (Å²) >= 11 is 0. The zero-order valence-electron chi connectivity index (χ0n) is 12.6. The molecule has 0 atom stereocenters. The van der Waals surface area contributed by atoms with Crippen LogP contribution in [0.4, 0.5) is 0 Å². The van der Waals surface area contributed by atoms with Crippen molar-refractivity contribution in [1.29, 1.82) is 0 Å². The Balaban J connectivity index is 2.15. The second kappa shape index (κ2) is 6.88.